The molecule has 0 saturated carbocycles. The van der Waals surface area contributed by atoms with E-state index in [4.69, 9.17) is 21.3 Å². The molecule has 0 spiro atoms. The van der Waals surface area contributed by atoms with Crippen molar-refractivity contribution in [3.8, 4) is 17.0 Å². The number of hydrogen-bond donors (Lipinski definition) is 0. The summed E-state index contributed by atoms with van der Waals surface area (Å²) in [5.41, 5.74) is 2.58. The first kappa shape index (κ1) is 21.7. The lowest BCUT2D eigenvalue weighted by molar-refractivity contribution is 0.386. The van der Waals surface area contributed by atoms with Crippen molar-refractivity contribution in [1.82, 2.24) is 4.57 Å². The summed E-state index contributed by atoms with van der Waals surface area (Å²) in [7, 11) is 1.46. The molecular formula is C20H21BrClFN2OS. The number of hydrogen-bond acceptors (Lipinski definition) is 3. The summed E-state index contributed by atoms with van der Waals surface area (Å²) in [6.07, 6.45) is 0. The Labute approximate surface area is 177 Å². The van der Waals surface area contributed by atoms with Gasteiger partial charge in [0.25, 0.3) is 0 Å². The number of benzene rings is 2. The van der Waals surface area contributed by atoms with Crippen molar-refractivity contribution in [3.63, 3.8) is 0 Å². The Morgan fingerprint density at radius 2 is 1.89 bits per heavy atom. The Morgan fingerprint density at radius 1 is 1.19 bits per heavy atom. The number of aromatic nitrogens is 1. The van der Waals surface area contributed by atoms with Crippen LogP contribution >= 0.6 is 39.9 Å². The molecular weight excluding hydrogens is 451 g/mol. The van der Waals surface area contributed by atoms with Crippen LogP contribution in [0.2, 0.25) is 5.02 Å². The van der Waals surface area contributed by atoms with E-state index in [9.17, 15) is 4.39 Å². The van der Waals surface area contributed by atoms with Crippen LogP contribution in [0.25, 0.3) is 11.3 Å². The molecule has 0 amide bonds. The van der Waals surface area contributed by atoms with E-state index in [-0.39, 0.29) is 28.5 Å². The first-order chi connectivity index (χ1) is 12.5. The van der Waals surface area contributed by atoms with Gasteiger partial charge in [0.05, 0.1) is 18.5 Å². The van der Waals surface area contributed by atoms with Crippen LogP contribution in [0, 0.1) is 11.7 Å². The topological polar surface area (TPSA) is 26.5 Å². The fourth-order valence-electron chi connectivity index (χ4n) is 2.64. The largest absolute Gasteiger partial charge is 0.494 e. The second-order valence-electron chi connectivity index (χ2n) is 6.35. The average Bonchev–Trinajstić information content (AvgIpc) is 2.98. The highest BCUT2D eigenvalue weighted by Crippen LogP contribution is 2.27. The lowest BCUT2D eigenvalue weighted by Crippen LogP contribution is -2.18. The van der Waals surface area contributed by atoms with Crippen LogP contribution < -0.4 is 9.54 Å². The minimum absolute atomic E-state index is 0. The van der Waals surface area contributed by atoms with Gasteiger partial charge in [0.15, 0.2) is 16.4 Å². The maximum Gasteiger partial charge on any atom is 0.190 e. The molecule has 7 heteroatoms. The minimum atomic E-state index is -0.372. The van der Waals surface area contributed by atoms with Gasteiger partial charge in [0.2, 0.25) is 0 Å². The molecule has 27 heavy (non-hydrogen) atoms. The fraction of sp³-hybridized carbons (Fsp3) is 0.250. The van der Waals surface area contributed by atoms with E-state index in [0.717, 1.165) is 28.3 Å². The Kier molecular flexibility index (Phi) is 7.65. The number of ether oxygens (including phenoxy) is 1. The highest BCUT2D eigenvalue weighted by atomic mass is 79.9. The molecule has 0 atom stereocenters. The van der Waals surface area contributed by atoms with E-state index in [1.807, 2.05) is 35.7 Å². The number of halogens is 3. The molecule has 1 aromatic heterocycles. The van der Waals surface area contributed by atoms with Gasteiger partial charge in [-0.3, -0.25) is 0 Å². The lowest BCUT2D eigenvalue weighted by Gasteiger charge is -2.12. The van der Waals surface area contributed by atoms with Crippen LogP contribution in [0.15, 0.2) is 52.8 Å². The van der Waals surface area contributed by atoms with Gasteiger partial charge >= 0.3 is 0 Å². The zero-order chi connectivity index (χ0) is 18.7. The third kappa shape index (κ3) is 5.21. The summed E-state index contributed by atoms with van der Waals surface area (Å²) < 4.78 is 21.3. The summed E-state index contributed by atoms with van der Waals surface area (Å²) in [5, 5.41) is 2.69. The molecule has 0 unspecified atom stereocenters. The van der Waals surface area contributed by atoms with E-state index < -0.39 is 0 Å². The molecule has 0 aliphatic carbocycles. The number of methoxy groups -OCH3 is 1. The standard InChI is InChI=1S/C20H20ClFN2OS.BrH/c1-13(2)11-24-18(14-4-9-19(25-3)17(22)10-14)12-26-20(24)23-16-7-5-15(21)6-8-16;/h4-10,12-13H,11H2,1-3H3;1H. The zero-order valence-corrected chi connectivity index (χ0v) is 18.6. The van der Waals surface area contributed by atoms with Crippen molar-refractivity contribution < 1.29 is 9.13 Å². The highest BCUT2D eigenvalue weighted by molar-refractivity contribution is 8.93. The van der Waals surface area contributed by atoms with Crippen LogP contribution in [0.5, 0.6) is 5.75 Å². The lowest BCUT2D eigenvalue weighted by atomic mass is 10.1. The molecule has 0 aliphatic heterocycles. The van der Waals surface area contributed by atoms with Crippen molar-refractivity contribution in [1.29, 1.82) is 0 Å². The quantitative estimate of drug-likeness (QED) is 0.418. The molecule has 144 valence electrons. The molecule has 1 heterocycles. The van der Waals surface area contributed by atoms with Gasteiger partial charge in [-0.05, 0) is 48.4 Å². The van der Waals surface area contributed by atoms with Crippen LogP contribution in [0.4, 0.5) is 10.1 Å². The van der Waals surface area contributed by atoms with E-state index in [0.29, 0.717) is 10.9 Å². The van der Waals surface area contributed by atoms with Gasteiger partial charge in [0.1, 0.15) is 0 Å². The van der Waals surface area contributed by atoms with Gasteiger partial charge < -0.3 is 9.30 Å². The third-order valence-electron chi connectivity index (χ3n) is 3.84. The zero-order valence-electron chi connectivity index (χ0n) is 15.3. The number of thiazole rings is 1. The minimum Gasteiger partial charge on any atom is -0.494 e. The molecule has 0 N–H and O–H groups in total. The first-order valence-electron chi connectivity index (χ1n) is 8.30. The summed E-state index contributed by atoms with van der Waals surface area (Å²) in [5.74, 6) is 0.296. The fourth-order valence-corrected chi connectivity index (χ4v) is 3.71. The van der Waals surface area contributed by atoms with Gasteiger partial charge in [-0.15, -0.1) is 28.3 Å². The summed E-state index contributed by atoms with van der Waals surface area (Å²) in [4.78, 5) is 5.61. The molecule has 0 radical (unpaired) electrons. The maximum absolute atomic E-state index is 14.2. The molecule has 0 saturated heterocycles. The molecule has 3 aromatic rings. The Hall–Kier alpha value is -1.63. The molecule has 0 bridgehead atoms. The SMILES string of the molecule is Br.COc1ccc(-c2csc(=Nc3ccc(Cl)cc3)n2CC(C)C)cc1F. The van der Waals surface area contributed by atoms with Crippen molar-refractivity contribution in [2.24, 2.45) is 10.9 Å². The van der Waals surface area contributed by atoms with E-state index >= 15 is 0 Å². The molecule has 2 aromatic carbocycles. The van der Waals surface area contributed by atoms with Crippen LogP contribution in [0.3, 0.4) is 0 Å². The Morgan fingerprint density at radius 3 is 2.48 bits per heavy atom. The van der Waals surface area contributed by atoms with Crippen molar-refractivity contribution in [3.05, 3.63) is 63.5 Å². The van der Waals surface area contributed by atoms with Gasteiger partial charge in [-0.25, -0.2) is 9.38 Å². The Bertz CT molecular complexity index is 967. The van der Waals surface area contributed by atoms with Crippen LogP contribution in [0.1, 0.15) is 13.8 Å². The van der Waals surface area contributed by atoms with Gasteiger partial charge in [-0.1, -0.05) is 25.4 Å². The second-order valence-corrected chi connectivity index (χ2v) is 7.62. The van der Waals surface area contributed by atoms with Crippen LogP contribution in [-0.4, -0.2) is 11.7 Å². The summed E-state index contributed by atoms with van der Waals surface area (Å²) in [6.45, 7) is 5.09. The van der Waals surface area contributed by atoms with Gasteiger partial charge in [-0.2, -0.15) is 0 Å². The Balaban J connectivity index is 0.00000261. The van der Waals surface area contributed by atoms with Crippen molar-refractivity contribution >= 4 is 45.6 Å². The molecule has 3 rings (SSSR count). The van der Waals surface area contributed by atoms with E-state index in [1.165, 1.54) is 24.5 Å². The summed E-state index contributed by atoms with van der Waals surface area (Å²) in [6, 6.07) is 12.4. The predicted octanol–water partition coefficient (Wildman–Crippen LogP) is 6.48. The summed E-state index contributed by atoms with van der Waals surface area (Å²) >= 11 is 7.49. The van der Waals surface area contributed by atoms with E-state index in [1.54, 1.807) is 6.07 Å². The third-order valence-corrected chi connectivity index (χ3v) is 4.96. The van der Waals surface area contributed by atoms with E-state index in [2.05, 4.69) is 18.4 Å². The average molecular weight is 472 g/mol. The molecule has 3 nitrogen and oxygen atoms in total. The maximum atomic E-state index is 14.2. The molecule has 0 fully saturated rings. The number of rotatable bonds is 5. The van der Waals surface area contributed by atoms with Crippen LogP contribution in [-0.2, 0) is 6.54 Å². The first-order valence-corrected chi connectivity index (χ1v) is 9.56. The number of nitrogens with zero attached hydrogens (tertiary/aromatic N) is 2. The van der Waals surface area contributed by atoms with Gasteiger partial charge in [0, 0.05) is 22.5 Å². The predicted molar refractivity (Wildman–Crippen MR) is 116 cm³/mol. The molecule has 0 aliphatic rings. The van der Waals surface area contributed by atoms with Crippen molar-refractivity contribution in [2.75, 3.05) is 7.11 Å². The smallest absolute Gasteiger partial charge is 0.190 e. The monoisotopic (exact) mass is 470 g/mol. The van der Waals surface area contributed by atoms with Crippen molar-refractivity contribution in [2.45, 2.75) is 20.4 Å². The highest BCUT2D eigenvalue weighted by Gasteiger charge is 2.12. The second kappa shape index (κ2) is 9.53. The normalized spacial score (nSPS) is 11.6.